The number of rotatable bonds is 4. The van der Waals surface area contributed by atoms with Crippen LogP contribution in [0.25, 0.3) is 0 Å². The van der Waals surface area contributed by atoms with Gasteiger partial charge < -0.3 is 14.8 Å². The van der Waals surface area contributed by atoms with Crippen LogP contribution in [0.2, 0.25) is 0 Å². The molecule has 0 atom stereocenters. The van der Waals surface area contributed by atoms with E-state index in [1.165, 1.54) is 0 Å². The van der Waals surface area contributed by atoms with Gasteiger partial charge in [0, 0.05) is 38.1 Å². The predicted octanol–water partition coefficient (Wildman–Crippen LogP) is 0.267. The van der Waals surface area contributed by atoms with Crippen molar-refractivity contribution < 1.29 is 4.79 Å². The molecule has 1 aromatic rings. The number of aryl methyl sites for hydroxylation is 1. The lowest BCUT2D eigenvalue weighted by molar-refractivity contribution is -0.132. The Morgan fingerprint density at radius 1 is 1.47 bits per heavy atom. The van der Waals surface area contributed by atoms with Crippen molar-refractivity contribution in [3.8, 4) is 0 Å². The minimum absolute atomic E-state index is 0.196. The predicted molar refractivity (Wildman–Crippen MR) is 65.7 cm³/mol. The highest BCUT2D eigenvalue weighted by Gasteiger charge is 2.17. The number of hydrogen-bond acceptors (Lipinski definition) is 3. The molecule has 17 heavy (non-hydrogen) atoms. The average molecular weight is 236 g/mol. The van der Waals surface area contributed by atoms with E-state index in [2.05, 4.69) is 17.2 Å². The van der Waals surface area contributed by atoms with Crippen molar-refractivity contribution >= 4 is 5.91 Å². The second-order valence-electron chi connectivity index (χ2n) is 4.39. The van der Waals surface area contributed by atoms with Gasteiger partial charge in [0.05, 0.1) is 6.33 Å². The van der Waals surface area contributed by atoms with Crippen LogP contribution < -0.4 is 5.32 Å². The molecule has 5 nitrogen and oxygen atoms in total. The molecule has 1 saturated heterocycles. The average Bonchev–Trinajstić information content (AvgIpc) is 2.78. The summed E-state index contributed by atoms with van der Waals surface area (Å²) < 4.78 is 1.97. The number of carbonyl (C=O) groups is 1. The van der Waals surface area contributed by atoms with Gasteiger partial charge in [-0.25, -0.2) is 4.98 Å². The van der Waals surface area contributed by atoms with Crippen LogP contribution >= 0.6 is 0 Å². The summed E-state index contributed by atoms with van der Waals surface area (Å²) in [5, 5.41) is 3.25. The number of nitrogens with one attached hydrogen (secondary N) is 1. The summed E-state index contributed by atoms with van der Waals surface area (Å²) in [7, 11) is 0. The van der Waals surface area contributed by atoms with Gasteiger partial charge in [-0.15, -0.1) is 0 Å². The topological polar surface area (TPSA) is 50.2 Å². The zero-order chi connectivity index (χ0) is 12.1. The molecule has 1 amide bonds. The van der Waals surface area contributed by atoms with E-state index in [1.807, 2.05) is 15.7 Å². The van der Waals surface area contributed by atoms with Crippen LogP contribution in [-0.2, 0) is 17.8 Å². The van der Waals surface area contributed by atoms with Crippen LogP contribution in [0.3, 0.4) is 0 Å². The molecule has 1 aromatic heterocycles. The maximum atomic E-state index is 12.1. The van der Waals surface area contributed by atoms with Gasteiger partial charge in [0.25, 0.3) is 0 Å². The van der Waals surface area contributed by atoms with Gasteiger partial charge >= 0.3 is 0 Å². The van der Waals surface area contributed by atoms with Crippen molar-refractivity contribution in [3.63, 3.8) is 0 Å². The van der Waals surface area contributed by atoms with Crippen LogP contribution in [0.15, 0.2) is 12.5 Å². The number of amides is 1. The Kier molecular flexibility index (Phi) is 4.14. The molecule has 2 rings (SSSR count). The maximum absolute atomic E-state index is 12.1. The van der Waals surface area contributed by atoms with Crippen molar-refractivity contribution in [2.45, 2.75) is 26.3 Å². The lowest BCUT2D eigenvalue weighted by atomic mass is 10.2. The molecular formula is C12H20N4O. The van der Waals surface area contributed by atoms with Gasteiger partial charge in [-0.3, -0.25) is 4.79 Å². The smallest absolute Gasteiger partial charge is 0.242 e. The Bertz CT molecular complexity index is 368. The number of piperazine rings is 1. The quantitative estimate of drug-likeness (QED) is 0.816. The highest BCUT2D eigenvalue weighted by Crippen LogP contribution is 2.04. The summed E-state index contributed by atoms with van der Waals surface area (Å²) in [6.07, 6.45) is 5.67. The van der Waals surface area contributed by atoms with Gasteiger partial charge in [-0.1, -0.05) is 13.3 Å². The van der Waals surface area contributed by atoms with Crippen molar-refractivity contribution in [2.75, 3.05) is 26.2 Å². The first-order valence-corrected chi connectivity index (χ1v) is 6.28. The normalized spacial score (nSPS) is 16.2. The fourth-order valence-electron chi connectivity index (χ4n) is 2.11. The van der Waals surface area contributed by atoms with Crippen LogP contribution in [-0.4, -0.2) is 46.5 Å². The molecule has 5 heteroatoms. The highest BCUT2D eigenvalue weighted by molar-refractivity contribution is 5.76. The Hall–Kier alpha value is -1.36. The van der Waals surface area contributed by atoms with E-state index >= 15 is 0 Å². The summed E-state index contributed by atoms with van der Waals surface area (Å²) in [4.78, 5) is 18.1. The second kappa shape index (κ2) is 5.82. The first-order valence-electron chi connectivity index (χ1n) is 6.28. The van der Waals surface area contributed by atoms with Gasteiger partial charge in [0.1, 0.15) is 6.54 Å². The molecule has 0 radical (unpaired) electrons. The summed E-state index contributed by atoms with van der Waals surface area (Å²) in [6.45, 7) is 5.99. The van der Waals surface area contributed by atoms with Crippen LogP contribution in [0.4, 0.5) is 0 Å². The SMILES string of the molecule is CCCc1cncn1CC(=O)N1CCNCC1. The molecule has 1 aliphatic rings. The van der Waals surface area contributed by atoms with Crippen molar-refractivity contribution in [2.24, 2.45) is 0 Å². The molecule has 0 bridgehead atoms. The van der Waals surface area contributed by atoms with Gasteiger partial charge in [-0.2, -0.15) is 0 Å². The number of hydrogen-bond donors (Lipinski definition) is 1. The van der Waals surface area contributed by atoms with Gasteiger partial charge in [0.15, 0.2) is 0 Å². The Balaban J connectivity index is 1.94. The monoisotopic (exact) mass is 236 g/mol. The first-order chi connectivity index (χ1) is 8.31. The first kappa shape index (κ1) is 12.1. The molecule has 0 saturated carbocycles. The molecule has 1 aliphatic heterocycles. The molecule has 0 aliphatic carbocycles. The Morgan fingerprint density at radius 3 is 2.94 bits per heavy atom. The third-order valence-electron chi connectivity index (χ3n) is 3.08. The van der Waals surface area contributed by atoms with Gasteiger partial charge in [-0.05, 0) is 6.42 Å². The summed E-state index contributed by atoms with van der Waals surface area (Å²) >= 11 is 0. The van der Waals surface area contributed by atoms with E-state index in [0.29, 0.717) is 6.54 Å². The summed E-state index contributed by atoms with van der Waals surface area (Å²) in [6, 6.07) is 0. The lowest BCUT2D eigenvalue weighted by Crippen LogP contribution is -2.47. The zero-order valence-corrected chi connectivity index (χ0v) is 10.4. The van der Waals surface area contributed by atoms with E-state index in [0.717, 1.165) is 44.7 Å². The molecule has 0 spiro atoms. The lowest BCUT2D eigenvalue weighted by Gasteiger charge is -2.27. The Labute approximate surface area is 102 Å². The Morgan fingerprint density at radius 2 is 2.24 bits per heavy atom. The van der Waals surface area contributed by atoms with Crippen molar-refractivity contribution in [1.29, 1.82) is 0 Å². The van der Waals surface area contributed by atoms with Gasteiger partial charge in [0.2, 0.25) is 5.91 Å². The van der Waals surface area contributed by atoms with Crippen molar-refractivity contribution in [1.82, 2.24) is 19.8 Å². The number of imidazole rings is 1. The molecule has 2 heterocycles. The minimum Gasteiger partial charge on any atom is -0.339 e. The fraction of sp³-hybridized carbons (Fsp3) is 0.667. The molecule has 1 fully saturated rings. The molecule has 0 unspecified atom stereocenters. The maximum Gasteiger partial charge on any atom is 0.242 e. The molecule has 0 aromatic carbocycles. The largest absolute Gasteiger partial charge is 0.339 e. The summed E-state index contributed by atoms with van der Waals surface area (Å²) in [5.41, 5.74) is 1.15. The number of aromatic nitrogens is 2. The van der Waals surface area contributed by atoms with E-state index in [4.69, 9.17) is 0 Å². The van der Waals surface area contributed by atoms with Crippen LogP contribution in [0.5, 0.6) is 0 Å². The van der Waals surface area contributed by atoms with Crippen molar-refractivity contribution in [3.05, 3.63) is 18.2 Å². The number of carbonyl (C=O) groups excluding carboxylic acids is 1. The molecular weight excluding hydrogens is 216 g/mol. The highest BCUT2D eigenvalue weighted by atomic mass is 16.2. The summed E-state index contributed by atoms with van der Waals surface area (Å²) in [5.74, 6) is 0.196. The second-order valence-corrected chi connectivity index (χ2v) is 4.39. The third-order valence-corrected chi connectivity index (χ3v) is 3.08. The zero-order valence-electron chi connectivity index (χ0n) is 10.4. The van der Waals surface area contributed by atoms with E-state index in [-0.39, 0.29) is 5.91 Å². The fourth-order valence-corrected chi connectivity index (χ4v) is 2.11. The van der Waals surface area contributed by atoms with E-state index in [1.54, 1.807) is 6.33 Å². The van der Waals surface area contributed by atoms with E-state index < -0.39 is 0 Å². The third kappa shape index (κ3) is 3.06. The van der Waals surface area contributed by atoms with Crippen LogP contribution in [0.1, 0.15) is 19.0 Å². The van der Waals surface area contributed by atoms with E-state index in [9.17, 15) is 4.79 Å². The number of nitrogens with zero attached hydrogens (tertiary/aromatic N) is 3. The minimum atomic E-state index is 0.196. The molecule has 94 valence electrons. The standard InChI is InChI=1S/C12H20N4O/c1-2-3-11-8-14-10-16(11)9-12(17)15-6-4-13-5-7-15/h8,10,13H,2-7,9H2,1H3. The molecule has 1 N–H and O–H groups in total. The van der Waals surface area contributed by atoms with Crippen LogP contribution in [0, 0.1) is 0 Å².